The van der Waals surface area contributed by atoms with Gasteiger partial charge in [0.15, 0.2) is 9.92 Å². The number of hydrogen-bond acceptors (Lipinski definition) is 5. The number of urea groups is 1. The first kappa shape index (κ1) is 20.5. The normalized spacial score (nSPS) is 22.7. The Kier molecular flexibility index (Phi) is 4.83. The minimum atomic E-state index is -3.50. The maximum atomic E-state index is 13.2. The number of aryl methyl sites for hydroxylation is 1. The molecule has 166 valence electrons. The fourth-order valence-corrected chi connectivity index (χ4v) is 6.02. The number of aromatic nitrogens is 2. The predicted molar refractivity (Wildman–Crippen MR) is 118 cm³/mol. The van der Waals surface area contributed by atoms with E-state index in [9.17, 15) is 9.00 Å². The summed E-state index contributed by atoms with van der Waals surface area (Å²) in [6, 6.07) is 1.57. The summed E-state index contributed by atoms with van der Waals surface area (Å²) in [5.74, 6) is 0.716. The molecular weight excluding hydrogens is 416 g/mol. The number of ether oxygens (including phenoxy) is 1. The lowest BCUT2D eigenvalue weighted by Gasteiger charge is -2.31. The van der Waals surface area contributed by atoms with E-state index in [-0.39, 0.29) is 10.9 Å². The third kappa shape index (κ3) is 3.42. The van der Waals surface area contributed by atoms with Gasteiger partial charge in [-0.05, 0) is 68.0 Å². The quantitative estimate of drug-likeness (QED) is 0.752. The molecule has 1 unspecified atom stereocenters. The fourth-order valence-electron chi connectivity index (χ4n) is 5.03. The number of carbonyl (C=O) groups is 1. The molecule has 1 aliphatic heterocycles. The molecule has 3 N–H and O–H groups in total. The van der Waals surface area contributed by atoms with Crippen molar-refractivity contribution in [1.82, 2.24) is 14.7 Å². The van der Waals surface area contributed by atoms with Crippen molar-refractivity contribution in [2.75, 3.05) is 32.6 Å². The number of nitrogens with one attached hydrogen (secondary N) is 1. The molecule has 2 amide bonds. The Morgan fingerprint density at radius 3 is 2.97 bits per heavy atom. The molecule has 0 saturated heterocycles. The molecular formula is C21H28N6O3S. The van der Waals surface area contributed by atoms with Crippen LogP contribution in [0.2, 0.25) is 0 Å². The smallest absolute Gasteiger partial charge is 0.354 e. The van der Waals surface area contributed by atoms with Crippen LogP contribution in [0.3, 0.4) is 0 Å². The molecule has 3 aliphatic rings. The van der Waals surface area contributed by atoms with Crippen LogP contribution in [0.25, 0.3) is 0 Å². The molecule has 1 aromatic carbocycles. The van der Waals surface area contributed by atoms with Crippen molar-refractivity contribution in [3.8, 4) is 5.88 Å². The minimum absolute atomic E-state index is 0.00462. The van der Waals surface area contributed by atoms with E-state index in [1.807, 2.05) is 19.0 Å². The number of amides is 2. The zero-order valence-corrected chi connectivity index (χ0v) is 18.9. The first-order chi connectivity index (χ1) is 14.7. The molecule has 31 heavy (non-hydrogen) atoms. The van der Waals surface area contributed by atoms with Crippen LogP contribution < -0.4 is 15.2 Å². The Hall–Kier alpha value is -2.43. The standard InChI is InChI=1S/C21H28N6O3S/c1-12-7-14-8-13-5-4-6-16(13)19(18(12)14)24-21(28)25-31(22,29)17-9-23-27-15(10-26(2)3)11-30-20(17)27/h8-9,12,15H,4-7,10-11H2,1-3H3,(H3,22,24,25,28,29)/t12-,15+,31?/m0/s1. The van der Waals surface area contributed by atoms with Crippen LogP contribution in [0, 0.1) is 0 Å². The lowest BCUT2D eigenvalue weighted by atomic mass is 9.75. The highest BCUT2D eigenvalue weighted by atomic mass is 32.2. The number of nitrogens with zero attached hydrogens (tertiary/aromatic N) is 4. The Balaban J connectivity index is 1.44. The van der Waals surface area contributed by atoms with Crippen molar-refractivity contribution >= 4 is 21.6 Å². The van der Waals surface area contributed by atoms with Crippen LogP contribution in [-0.4, -0.2) is 52.2 Å². The molecule has 1 aromatic heterocycles. The molecule has 2 aliphatic carbocycles. The zero-order chi connectivity index (χ0) is 21.9. The van der Waals surface area contributed by atoms with Crippen molar-refractivity contribution in [3.05, 3.63) is 34.5 Å². The summed E-state index contributed by atoms with van der Waals surface area (Å²) in [5.41, 5.74) is 5.78. The molecule has 0 fully saturated rings. The van der Waals surface area contributed by atoms with Gasteiger partial charge < -0.3 is 15.0 Å². The van der Waals surface area contributed by atoms with Crippen molar-refractivity contribution < 1.29 is 13.7 Å². The number of fused-ring (bicyclic) bond motifs is 3. The summed E-state index contributed by atoms with van der Waals surface area (Å²) < 4.78 is 24.5. The van der Waals surface area contributed by atoms with E-state index < -0.39 is 15.9 Å². The first-order valence-electron chi connectivity index (χ1n) is 10.6. The van der Waals surface area contributed by atoms with Gasteiger partial charge in [-0.1, -0.05) is 13.0 Å². The number of carbonyl (C=O) groups excluding carboxylic acids is 1. The van der Waals surface area contributed by atoms with Gasteiger partial charge in [-0.2, -0.15) is 5.10 Å². The second-order valence-electron chi connectivity index (χ2n) is 9.00. The van der Waals surface area contributed by atoms with E-state index in [0.717, 1.165) is 37.9 Å². The maximum Gasteiger partial charge on any atom is 0.354 e. The van der Waals surface area contributed by atoms with Gasteiger partial charge in [-0.25, -0.2) is 18.8 Å². The fraction of sp³-hybridized carbons (Fsp3) is 0.524. The molecule has 2 aromatic rings. The largest absolute Gasteiger partial charge is 0.475 e. The van der Waals surface area contributed by atoms with E-state index in [1.54, 1.807) is 4.68 Å². The van der Waals surface area contributed by atoms with Crippen LogP contribution in [0.4, 0.5) is 10.5 Å². The summed E-state index contributed by atoms with van der Waals surface area (Å²) in [5, 5.41) is 13.2. The highest BCUT2D eigenvalue weighted by Gasteiger charge is 2.33. The third-order valence-corrected chi connectivity index (χ3v) is 7.71. The molecule has 0 radical (unpaired) electrons. The van der Waals surface area contributed by atoms with Crippen LogP contribution >= 0.6 is 0 Å². The molecule has 3 atom stereocenters. The Labute approximate surface area is 182 Å². The summed E-state index contributed by atoms with van der Waals surface area (Å²) in [6.45, 7) is 3.29. The van der Waals surface area contributed by atoms with Gasteiger partial charge in [0.2, 0.25) is 5.88 Å². The van der Waals surface area contributed by atoms with Gasteiger partial charge in [0.25, 0.3) is 0 Å². The van der Waals surface area contributed by atoms with E-state index >= 15 is 0 Å². The molecule has 0 bridgehead atoms. The monoisotopic (exact) mass is 444 g/mol. The van der Waals surface area contributed by atoms with Crippen LogP contribution in [0.15, 0.2) is 21.5 Å². The lowest BCUT2D eigenvalue weighted by Crippen LogP contribution is -2.24. The zero-order valence-electron chi connectivity index (χ0n) is 18.1. The number of hydrogen-bond donors (Lipinski definition) is 2. The van der Waals surface area contributed by atoms with Crippen molar-refractivity contribution in [2.24, 2.45) is 9.50 Å². The Bertz CT molecular complexity index is 1190. The first-order valence-corrected chi connectivity index (χ1v) is 12.2. The van der Waals surface area contributed by atoms with E-state index in [2.05, 4.69) is 27.8 Å². The summed E-state index contributed by atoms with van der Waals surface area (Å²) >= 11 is 0. The molecule has 0 saturated carbocycles. The third-order valence-electron chi connectivity index (χ3n) is 6.36. The van der Waals surface area contributed by atoms with Gasteiger partial charge in [-0.3, -0.25) is 0 Å². The number of likely N-dealkylation sites (N-methyl/N-ethyl adjacent to an activating group) is 1. The highest BCUT2D eigenvalue weighted by Crippen LogP contribution is 2.45. The van der Waals surface area contributed by atoms with Crippen LogP contribution in [0.1, 0.15) is 47.6 Å². The van der Waals surface area contributed by atoms with Crippen molar-refractivity contribution in [2.45, 2.75) is 49.5 Å². The maximum absolute atomic E-state index is 13.2. The predicted octanol–water partition coefficient (Wildman–Crippen LogP) is 2.46. The van der Waals surface area contributed by atoms with Gasteiger partial charge >= 0.3 is 6.03 Å². The van der Waals surface area contributed by atoms with Crippen LogP contribution in [0.5, 0.6) is 5.88 Å². The van der Waals surface area contributed by atoms with E-state index in [1.165, 1.54) is 28.5 Å². The summed E-state index contributed by atoms with van der Waals surface area (Å²) in [7, 11) is 0.419. The summed E-state index contributed by atoms with van der Waals surface area (Å²) in [4.78, 5) is 15.0. The Morgan fingerprint density at radius 1 is 1.42 bits per heavy atom. The van der Waals surface area contributed by atoms with Crippen molar-refractivity contribution in [3.63, 3.8) is 0 Å². The second-order valence-corrected chi connectivity index (χ2v) is 10.8. The number of rotatable bonds is 4. The average Bonchev–Trinajstić information content (AvgIpc) is 3.37. The molecule has 2 heterocycles. The van der Waals surface area contributed by atoms with Gasteiger partial charge in [0.05, 0.1) is 6.20 Å². The lowest BCUT2D eigenvalue weighted by molar-refractivity contribution is 0.260. The molecule has 9 nitrogen and oxygen atoms in total. The molecule has 10 heteroatoms. The number of benzene rings is 1. The minimum Gasteiger partial charge on any atom is -0.475 e. The molecule has 0 spiro atoms. The van der Waals surface area contributed by atoms with Crippen molar-refractivity contribution in [1.29, 1.82) is 0 Å². The summed E-state index contributed by atoms with van der Waals surface area (Å²) in [6.07, 6.45) is 5.45. The second kappa shape index (κ2) is 7.32. The molecule has 5 rings (SSSR count). The average molecular weight is 445 g/mol. The Morgan fingerprint density at radius 2 is 2.23 bits per heavy atom. The topological polar surface area (TPSA) is 115 Å². The SMILES string of the molecule is C[C@H]1Cc2cc3c(c(NC(=O)N=S(N)(=O)c4cnn5c4OC[C@H]5CN(C)C)c21)CCC3. The highest BCUT2D eigenvalue weighted by molar-refractivity contribution is 7.91. The van der Waals surface area contributed by atoms with E-state index in [0.29, 0.717) is 18.4 Å². The van der Waals surface area contributed by atoms with Gasteiger partial charge in [-0.15, -0.1) is 4.36 Å². The number of nitrogens with two attached hydrogens (primary N) is 1. The van der Waals surface area contributed by atoms with Gasteiger partial charge in [0, 0.05) is 12.2 Å². The number of anilines is 1. The van der Waals surface area contributed by atoms with Crippen LogP contribution in [-0.2, 0) is 29.2 Å². The van der Waals surface area contributed by atoms with Gasteiger partial charge in [0.1, 0.15) is 17.5 Å². The van der Waals surface area contributed by atoms with E-state index in [4.69, 9.17) is 9.88 Å².